The Labute approximate surface area is 120 Å². The van der Waals surface area contributed by atoms with Crippen LogP contribution in [0.1, 0.15) is 27.2 Å². The maximum Gasteiger partial charge on any atom is 0.407 e. The largest absolute Gasteiger partial charge is 0.465 e. The van der Waals surface area contributed by atoms with Crippen molar-refractivity contribution in [3.05, 3.63) is 0 Å². The highest BCUT2D eigenvalue weighted by atomic mass is 19.4. The highest BCUT2D eigenvalue weighted by molar-refractivity contribution is 5.69. The van der Waals surface area contributed by atoms with Gasteiger partial charge >= 0.3 is 18.4 Å². The summed E-state index contributed by atoms with van der Waals surface area (Å²) >= 11 is 0. The van der Waals surface area contributed by atoms with E-state index in [1.165, 1.54) is 0 Å². The molecule has 1 rings (SSSR count). The monoisotopic (exact) mass is 312 g/mol. The Morgan fingerprint density at radius 3 is 2.24 bits per heavy atom. The molecule has 0 radical (unpaired) electrons. The Morgan fingerprint density at radius 1 is 1.24 bits per heavy atom. The normalized spacial score (nSPS) is 23.6. The lowest BCUT2D eigenvalue weighted by Crippen LogP contribution is -2.55. The van der Waals surface area contributed by atoms with Crippen molar-refractivity contribution >= 4 is 12.2 Å². The number of hydrogen-bond donors (Lipinski definition) is 2. The fourth-order valence-corrected chi connectivity index (χ4v) is 2.07. The summed E-state index contributed by atoms with van der Waals surface area (Å²) in [4.78, 5) is 23.1. The van der Waals surface area contributed by atoms with Crippen LogP contribution in [-0.4, -0.2) is 53.1 Å². The van der Waals surface area contributed by atoms with E-state index in [1.54, 1.807) is 20.8 Å². The number of alkyl carbamates (subject to hydrolysis) is 1. The molecule has 0 aromatic heterocycles. The number of likely N-dealkylation sites (tertiary alicyclic amines) is 1. The lowest BCUT2D eigenvalue weighted by molar-refractivity contribution is -0.186. The molecule has 0 aliphatic carbocycles. The summed E-state index contributed by atoms with van der Waals surface area (Å²) in [5.74, 6) is -1.80. The molecule has 2 N–H and O–H groups in total. The van der Waals surface area contributed by atoms with Crippen LogP contribution in [0.25, 0.3) is 0 Å². The second-order valence-corrected chi connectivity index (χ2v) is 6.00. The van der Waals surface area contributed by atoms with E-state index in [4.69, 9.17) is 9.84 Å². The zero-order valence-electron chi connectivity index (χ0n) is 12.0. The molecule has 0 aromatic carbocycles. The fourth-order valence-electron chi connectivity index (χ4n) is 2.07. The lowest BCUT2D eigenvalue weighted by atomic mass is 9.94. The zero-order valence-corrected chi connectivity index (χ0v) is 12.0. The molecule has 1 aliphatic heterocycles. The zero-order chi connectivity index (χ0) is 16.4. The van der Waals surface area contributed by atoms with Crippen LogP contribution >= 0.6 is 0 Å². The van der Waals surface area contributed by atoms with E-state index in [9.17, 15) is 22.8 Å². The highest BCUT2D eigenvalue weighted by Gasteiger charge is 2.46. The quantitative estimate of drug-likeness (QED) is 0.779. The molecule has 1 fully saturated rings. The van der Waals surface area contributed by atoms with E-state index in [2.05, 4.69) is 5.32 Å². The van der Waals surface area contributed by atoms with E-state index >= 15 is 0 Å². The molecule has 6 nitrogen and oxygen atoms in total. The minimum atomic E-state index is -4.51. The second-order valence-electron chi connectivity index (χ2n) is 6.00. The Morgan fingerprint density at radius 2 is 1.81 bits per heavy atom. The van der Waals surface area contributed by atoms with Gasteiger partial charge in [0.2, 0.25) is 0 Å². The predicted molar refractivity (Wildman–Crippen MR) is 66.9 cm³/mol. The number of carbonyl (C=O) groups is 2. The number of halogens is 3. The first-order valence-electron chi connectivity index (χ1n) is 6.42. The number of alkyl halides is 3. The first-order valence-corrected chi connectivity index (χ1v) is 6.42. The molecule has 1 aliphatic rings. The Bertz CT molecular complexity index is 406. The summed E-state index contributed by atoms with van der Waals surface area (Å²) < 4.78 is 43.3. The van der Waals surface area contributed by atoms with Gasteiger partial charge in [0.25, 0.3) is 0 Å². The van der Waals surface area contributed by atoms with Crippen molar-refractivity contribution in [1.29, 1.82) is 0 Å². The third kappa shape index (κ3) is 5.68. The Kier molecular flexibility index (Phi) is 4.95. The number of nitrogens with one attached hydrogen (secondary N) is 1. The summed E-state index contributed by atoms with van der Waals surface area (Å²) in [6, 6.07) is -0.934. The molecule has 2 atom stereocenters. The number of rotatable bonds is 1. The predicted octanol–water partition coefficient (Wildman–Crippen LogP) is 2.44. The van der Waals surface area contributed by atoms with Crippen molar-refractivity contribution in [1.82, 2.24) is 10.2 Å². The van der Waals surface area contributed by atoms with Gasteiger partial charge in [0.1, 0.15) is 5.60 Å². The number of nitrogens with zero attached hydrogens (tertiary/aromatic N) is 1. The molecule has 21 heavy (non-hydrogen) atoms. The third-order valence-corrected chi connectivity index (χ3v) is 2.90. The van der Waals surface area contributed by atoms with Crippen molar-refractivity contribution < 1.29 is 32.6 Å². The van der Waals surface area contributed by atoms with Crippen molar-refractivity contribution in [2.45, 2.75) is 45.0 Å². The third-order valence-electron chi connectivity index (χ3n) is 2.90. The van der Waals surface area contributed by atoms with E-state index in [0.717, 1.165) is 0 Å². The smallest absolute Gasteiger partial charge is 0.407 e. The number of carboxylic acid groups (broad SMARTS) is 1. The topological polar surface area (TPSA) is 78.9 Å². The standard InChI is InChI=1S/C12H19F3N2O4/c1-11(2,3)21-9(18)16-8-4-7(12(13,14)15)5-17(6-8)10(19)20/h7-8H,4-6H2,1-3H3,(H,16,18)(H,19,20)/t7-,8+/m1/s1. The van der Waals surface area contributed by atoms with E-state index < -0.39 is 42.5 Å². The van der Waals surface area contributed by atoms with Crippen LogP contribution in [0, 0.1) is 5.92 Å². The Balaban J connectivity index is 2.72. The molecule has 1 heterocycles. The Hall–Kier alpha value is -1.67. The van der Waals surface area contributed by atoms with Gasteiger partial charge in [0, 0.05) is 13.1 Å². The average Bonchev–Trinajstić information content (AvgIpc) is 2.24. The highest BCUT2D eigenvalue weighted by Crippen LogP contribution is 2.33. The van der Waals surface area contributed by atoms with Crippen LogP contribution in [0.15, 0.2) is 0 Å². The van der Waals surface area contributed by atoms with Gasteiger partial charge in [-0.1, -0.05) is 0 Å². The van der Waals surface area contributed by atoms with Crippen LogP contribution < -0.4 is 5.32 Å². The first-order chi connectivity index (χ1) is 9.38. The molecular formula is C12H19F3N2O4. The van der Waals surface area contributed by atoms with Gasteiger partial charge in [-0.05, 0) is 27.2 Å². The van der Waals surface area contributed by atoms with E-state index in [0.29, 0.717) is 4.90 Å². The SMILES string of the molecule is CC(C)(C)OC(=O)N[C@H]1C[C@@H](C(F)(F)F)CN(C(=O)O)C1. The van der Waals surface area contributed by atoms with Gasteiger partial charge in [-0.2, -0.15) is 13.2 Å². The maximum absolute atomic E-state index is 12.8. The number of ether oxygens (including phenoxy) is 1. The molecule has 0 saturated carbocycles. The van der Waals surface area contributed by atoms with Gasteiger partial charge in [0.05, 0.1) is 12.0 Å². The number of hydrogen-bond acceptors (Lipinski definition) is 3. The molecule has 9 heteroatoms. The van der Waals surface area contributed by atoms with Crippen LogP contribution in [0.5, 0.6) is 0 Å². The summed E-state index contributed by atoms with van der Waals surface area (Å²) in [6.45, 7) is 4.05. The van der Waals surface area contributed by atoms with Crippen LogP contribution in [0.3, 0.4) is 0 Å². The van der Waals surface area contributed by atoms with Crippen molar-refractivity contribution in [2.24, 2.45) is 5.92 Å². The minimum Gasteiger partial charge on any atom is -0.465 e. The number of carbonyl (C=O) groups excluding carboxylic acids is 1. The molecule has 0 spiro atoms. The maximum atomic E-state index is 12.8. The average molecular weight is 312 g/mol. The van der Waals surface area contributed by atoms with E-state index in [-0.39, 0.29) is 13.0 Å². The van der Waals surface area contributed by atoms with Crippen molar-refractivity contribution in [3.63, 3.8) is 0 Å². The number of piperidine rings is 1. The molecule has 0 unspecified atom stereocenters. The molecule has 0 aromatic rings. The van der Waals surface area contributed by atoms with Crippen LogP contribution in [-0.2, 0) is 4.74 Å². The van der Waals surface area contributed by atoms with Crippen LogP contribution in [0.4, 0.5) is 22.8 Å². The molecule has 122 valence electrons. The summed E-state index contributed by atoms with van der Waals surface area (Å²) in [5.41, 5.74) is -0.783. The lowest BCUT2D eigenvalue weighted by Gasteiger charge is -2.37. The summed E-state index contributed by atoms with van der Waals surface area (Å²) in [5, 5.41) is 11.2. The van der Waals surface area contributed by atoms with Gasteiger partial charge in [-0.25, -0.2) is 9.59 Å². The van der Waals surface area contributed by atoms with Crippen molar-refractivity contribution in [3.8, 4) is 0 Å². The van der Waals surface area contributed by atoms with E-state index in [1.807, 2.05) is 0 Å². The van der Waals surface area contributed by atoms with Gasteiger partial charge in [0.15, 0.2) is 0 Å². The van der Waals surface area contributed by atoms with Gasteiger partial charge in [-0.3, -0.25) is 0 Å². The summed E-state index contributed by atoms with van der Waals surface area (Å²) in [7, 11) is 0. The molecule has 0 bridgehead atoms. The first kappa shape index (κ1) is 17.4. The van der Waals surface area contributed by atoms with Gasteiger partial charge < -0.3 is 20.1 Å². The van der Waals surface area contributed by atoms with Crippen LogP contribution in [0.2, 0.25) is 0 Å². The molecular weight excluding hydrogens is 293 g/mol. The van der Waals surface area contributed by atoms with Gasteiger partial charge in [-0.15, -0.1) is 0 Å². The minimum absolute atomic E-state index is 0.193. The fraction of sp³-hybridized carbons (Fsp3) is 0.833. The molecule has 1 saturated heterocycles. The van der Waals surface area contributed by atoms with Crippen molar-refractivity contribution in [2.75, 3.05) is 13.1 Å². The summed E-state index contributed by atoms with van der Waals surface area (Å²) in [6.07, 6.45) is -7.19. The number of amides is 2. The molecule has 2 amide bonds. The second kappa shape index (κ2) is 5.98.